The summed E-state index contributed by atoms with van der Waals surface area (Å²) in [6, 6.07) is 17.3. The van der Waals surface area contributed by atoms with Crippen LogP contribution in [0.4, 0.5) is 0 Å². The monoisotopic (exact) mass is 341 g/mol. The van der Waals surface area contributed by atoms with Gasteiger partial charge in [0.25, 0.3) is 0 Å². The minimum Gasteiger partial charge on any atom is -0.479 e. The number of carboxylic acids is 1. The summed E-state index contributed by atoms with van der Waals surface area (Å²) in [6.45, 7) is 0.860. The predicted octanol–water partition coefficient (Wildman–Crippen LogP) is 3.64. The highest BCUT2D eigenvalue weighted by Crippen LogP contribution is 2.22. The van der Waals surface area contributed by atoms with Gasteiger partial charge in [0.1, 0.15) is 5.75 Å². The lowest BCUT2D eigenvalue weighted by atomic mass is 10.1. The zero-order chi connectivity index (χ0) is 16.8. The number of thioether (sulfide) groups is 1. The Morgan fingerprint density at radius 1 is 1.17 bits per heavy atom. The number of benzene rings is 2. The average molecular weight is 341 g/mol. The second-order valence-corrected chi connectivity index (χ2v) is 6.61. The van der Waals surface area contributed by atoms with Crippen LogP contribution in [0, 0.1) is 0 Å². The lowest BCUT2D eigenvalue weighted by Crippen LogP contribution is -2.27. The molecule has 1 heterocycles. The Morgan fingerprint density at radius 2 is 1.92 bits per heavy atom. The number of nitrogens with zero attached hydrogens (tertiary/aromatic N) is 1. The molecule has 124 valence electrons. The summed E-state index contributed by atoms with van der Waals surface area (Å²) in [5.41, 5.74) is 2.17. The summed E-state index contributed by atoms with van der Waals surface area (Å²) in [5.74, 6) is 0.655. The average Bonchev–Trinajstić information content (AvgIpc) is 3.14. The Kier molecular flexibility index (Phi) is 5.54. The molecule has 0 aliphatic carbocycles. The van der Waals surface area contributed by atoms with E-state index >= 15 is 0 Å². The first kappa shape index (κ1) is 16.6. The molecule has 1 aliphatic rings. The number of hydrogen-bond donors (Lipinski definition) is 1. The molecule has 0 aromatic heterocycles. The molecule has 4 nitrogen and oxygen atoms in total. The molecule has 0 saturated carbocycles. The third-order valence-corrected chi connectivity index (χ3v) is 4.80. The van der Waals surface area contributed by atoms with Crippen molar-refractivity contribution in [3.05, 3.63) is 65.7 Å². The number of aliphatic imine (C=N–C) groups is 1. The number of aliphatic carboxylic acids is 1. The Hall–Kier alpha value is -2.27. The first-order valence-electron chi connectivity index (χ1n) is 7.93. The molecular weight excluding hydrogens is 322 g/mol. The van der Waals surface area contributed by atoms with Gasteiger partial charge in [0.2, 0.25) is 0 Å². The molecule has 2 aromatic carbocycles. The highest BCUT2D eigenvalue weighted by Gasteiger charge is 2.19. The van der Waals surface area contributed by atoms with E-state index in [0.717, 1.165) is 28.5 Å². The normalized spacial score (nSPS) is 14.9. The van der Waals surface area contributed by atoms with Crippen molar-refractivity contribution in [2.75, 3.05) is 12.3 Å². The first-order valence-corrected chi connectivity index (χ1v) is 8.92. The van der Waals surface area contributed by atoms with E-state index in [0.29, 0.717) is 18.6 Å². The molecule has 0 spiro atoms. The van der Waals surface area contributed by atoms with Crippen molar-refractivity contribution in [2.45, 2.75) is 18.9 Å². The maximum atomic E-state index is 11.5. The van der Waals surface area contributed by atoms with Gasteiger partial charge in [-0.3, -0.25) is 4.99 Å². The molecule has 0 radical (unpaired) electrons. The molecule has 0 fully saturated rings. The molecule has 1 atom stereocenters. The van der Waals surface area contributed by atoms with E-state index in [9.17, 15) is 9.90 Å². The highest BCUT2D eigenvalue weighted by molar-refractivity contribution is 8.14. The van der Waals surface area contributed by atoms with Crippen molar-refractivity contribution in [3.8, 4) is 5.75 Å². The van der Waals surface area contributed by atoms with Crippen LogP contribution in [-0.2, 0) is 11.2 Å². The Labute approximate surface area is 145 Å². The van der Waals surface area contributed by atoms with Gasteiger partial charge >= 0.3 is 5.97 Å². The second-order valence-electron chi connectivity index (χ2n) is 5.53. The number of aryl methyl sites for hydroxylation is 1. The van der Waals surface area contributed by atoms with E-state index in [1.165, 1.54) is 0 Å². The van der Waals surface area contributed by atoms with Gasteiger partial charge in [0, 0.05) is 17.9 Å². The summed E-state index contributed by atoms with van der Waals surface area (Å²) in [5, 5.41) is 10.4. The van der Waals surface area contributed by atoms with Gasteiger partial charge in [-0.15, -0.1) is 11.8 Å². The van der Waals surface area contributed by atoms with Crippen LogP contribution < -0.4 is 4.74 Å². The van der Waals surface area contributed by atoms with Crippen LogP contribution in [0.25, 0.3) is 0 Å². The van der Waals surface area contributed by atoms with E-state index < -0.39 is 12.1 Å². The summed E-state index contributed by atoms with van der Waals surface area (Å²) in [4.78, 5) is 15.9. The predicted molar refractivity (Wildman–Crippen MR) is 97.1 cm³/mol. The van der Waals surface area contributed by atoms with Crippen LogP contribution in [-0.4, -0.2) is 34.5 Å². The van der Waals surface area contributed by atoms with Crippen molar-refractivity contribution in [1.29, 1.82) is 0 Å². The zero-order valence-corrected chi connectivity index (χ0v) is 14.0. The van der Waals surface area contributed by atoms with Crippen LogP contribution in [0.3, 0.4) is 0 Å². The summed E-state index contributed by atoms with van der Waals surface area (Å²) >= 11 is 1.74. The third-order valence-electron chi connectivity index (χ3n) is 3.78. The minimum absolute atomic E-state index is 0.434. The number of hydrogen-bond acceptors (Lipinski definition) is 4. The fourth-order valence-corrected chi connectivity index (χ4v) is 3.39. The molecule has 5 heteroatoms. The molecule has 1 N–H and O–H groups in total. The van der Waals surface area contributed by atoms with E-state index in [2.05, 4.69) is 4.99 Å². The molecule has 2 aromatic rings. The number of carbonyl (C=O) groups is 1. The van der Waals surface area contributed by atoms with Crippen molar-refractivity contribution < 1.29 is 14.6 Å². The maximum absolute atomic E-state index is 11.5. The lowest BCUT2D eigenvalue weighted by Gasteiger charge is -2.15. The molecule has 1 aliphatic heterocycles. The van der Waals surface area contributed by atoms with Crippen LogP contribution in [0.2, 0.25) is 0 Å². The zero-order valence-electron chi connectivity index (χ0n) is 13.2. The highest BCUT2D eigenvalue weighted by atomic mass is 32.2. The molecular formula is C19H19NO3S. The maximum Gasteiger partial charge on any atom is 0.344 e. The lowest BCUT2D eigenvalue weighted by molar-refractivity contribution is -0.145. The standard InChI is InChI=1S/C19H19NO3S/c21-19(22)17(11-6-14-4-2-1-3-5-14)23-16-9-7-15(8-10-16)18-20-12-13-24-18/h1-5,7-10,17H,6,11-13H2,(H,21,22). The van der Waals surface area contributed by atoms with E-state index in [1.807, 2.05) is 54.6 Å². The molecule has 0 bridgehead atoms. The topological polar surface area (TPSA) is 58.9 Å². The quantitative estimate of drug-likeness (QED) is 0.835. The van der Waals surface area contributed by atoms with E-state index in [4.69, 9.17) is 4.74 Å². The molecule has 24 heavy (non-hydrogen) atoms. The second kappa shape index (κ2) is 8.02. The van der Waals surface area contributed by atoms with Crippen LogP contribution in [0.5, 0.6) is 5.75 Å². The van der Waals surface area contributed by atoms with Crippen LogP contribution in [0.15, 0.2) is 59.6 Å². The summed E-state index contributed by atoms with van der Waals surface area (Å²) in [6.07, 6.45) is 0.252. The first-order chi connectivity index (χ1) is 11.7. The number of carboxylic acid groups (broad SMARTS) is 1. The van der Waals surface area contributed by atoms with E-state index in [1.54, 1.807) is 11.8 Å². The van der Waals surface area contributed by atoms with Gasteiger partial charge in [-0.25, -0.2) is 4.79 Å². The van der Waals surface area contributed by atoms with Crippen molar-refractivity contribution in [1.82, 2.24) is 0 Å². The van der Waals surface area contributed by atoms with Crippen LogP contribution >= 0.6 is 11.8 Å². The van der Waals surface area contributed by atoms with E-state index in [-0.39, 0.29) is 0 Å². The molecule has 0 amide bonds. The SMILES string of the molecule is O=C(O)C(CCc1ccccc1)Oc1ccc(C2=NCCS2)cc1. The number of rotatable bonds is 7. The third kappa shape index (κ3) is 4.38. The van der Waals surface area contributed by atoms with Gasteiger partial charge < -0.3 is 9.84 Å². The Morgan fingerprint density at radius 3 is 2.54 bits per heavy atom. The van der Waals surface area contributed by atoms with Crippen molar-refractivity contribution in [3.63, 3.8) is 0 Å². The van der Waals surface area contributed by atoms with Gasteiger partial charge in [-0.1, -0.05) is 30.3 Å². The van der Waals surface area contributed by atoms with Crippen molar-refractivity contribution >= 4 is 22.8 Å². The Balaban J connectivity index is 1.61. The molecule has 3 rings (SSSR count). The molecule has 0 saturated heterocycles. The summed E-state index contributed by atoms with van der Waals surface area (Å²) in [7, 11) is 0. The van der Waals surface area contributed by atoms with Crippen molar-refractivity contribution in [2.24, 2.45) is 4.99 Å². The summed E-state index contributed by atoms with van der Waals surface area (Å²) < 4.78 is 5.67. The minimum atomic E-state index is -0.939. The van der Waals surface area contributed by atoms with Gasteiger partial charge in [-0.05, 0) is 42.7 Å². The fourth-order valence-electron chi connectivity index (χ4n) is 2.53. The number of ether oxygens (including phenoxy) is 1. The van der Waals surface area contributed by atoms with Gasteiger partial charge in [-0.2, -0.15) is 0 Å². The Bertz CT molecular complexity index is 713. The smallest absolute Gasteiger partial charge is 0.344 e. The van der Waals surface area contributed by atoms with Gasteiger partial charge in [0.05, 0.1) is 5.04 Å². The molecule has 1 unspecified atom stereocenters. The largest absolute Gasteiger partial charge is 0.479 e. The fraction of sp³-hybridized carbons (Fsp3) is 0.263. The van der Waals surface area contributed by atoms with Gasteiger partial charge in [0.15, 0.2) is 6.10 Å². The van der Waals surface area contributed by atoms with Crippen LogP contribution in [0.1, 0.15) is 17.5 Å².